The first-order valence-electron chi connectivity index (χ1n) is 9.89. The van der Waals surface area contributed by atoms with Gasteiger partial charge in [-0.05, 0) is 23.1 Å². The molecule has 6 rings (SSSR count). The fourth-order valence-electron chi connectivity index (χ4n) is 3.90. The van der Waals surface area contributed by atoms with E-state index in [9.17, 15) is 4.79 Å². The van der Waals surface area contributed by atoms with Crippen molar-refractivity contribution in [1.29, 1.82) is 0 Å². The number of rotatable bonds is 0. The van der Waals surface area contributed by atoms with Crippen molar-refractivity contribution in [2.45, 2.75) is 6.42 Å². The molecule has 1 aliphatic carbocycles. The first kappa shape index (κ1) is 18.0. The van der Waals surface area contributed by atoms with E-state index >= 15 is 0 Å². The summed E-state index contributed by atoms with van der Waals surface area (Å²) in [4.78, 5) is 21.2. The Kier molecular flexibility index (Phi) is 4.65. The molecule has 0 radical (unpaired) electrons. The van der Waals surface area contributed by atoms with E-state index in [-0.39, 0.29) is 0 Å². The van der Waals surface area contributed by atoms with Crippen LogP contribution in [0.3, 0.4) is 0 Å². The summed E-state index contributed by atoms with van der Waals surface area (Å²) in [5.41, 5.74) is 5.87. The molecule has 0 atom stereocenters. The van der Waals surface area contributed by atoms with Crippen LogP contribution in [0, 0.1) is 0 Å². The Bertz CT molecular complexity index is 1440. The van der Waals surface area contributed by atoms with Crippen molar-refractivity contribution < 1.29 is 4.79 Å². The van der Waals surface area contributed by atoms with Crippen LogP contribution in [0.25, 0.3) is 44.5 Å². The lowest BCUT2D eigenvalue weighted by molar-refractivity contribution is 0.569. The highest BCUT2D eigenvalue weighted by atomic mass is 16.1. The van der Waals surface area contributed by atoms with Crippen LogP contribution in [0.4, 0.5) is 0 Å². The van der Waals surface area contributed by atoms with Crippen LogP contribution in [-0.4, -0.2) is 15.9 Å². The highest BCUT2D eigenvalue weighted by Gasteiger charge is 2.21. The smallest absolute Gasteiger partial charge is 0.128 e. The molecule has 0 amide bonds. The predicted octanol–water partition coefficient (Wildman–Crippen LogP) is 6.25. The Morgan fingerprint density at radius 1 is 0.667 bits per heavy atom. The summed E-state index contributed by atoms with van der Waals surface area (Å²) >= 11 is 0. The number of fused-ring (bicyclic) bond motifs is 7. The quantitative estimate of drug-likeness (QED) is 0.179. The second-order valence-electron chi connectivity index (χ2n) is 7.09. The van der Waals surface area contributed by atoms with Crippen LogP contribution in [0.15, 0.2) is 91.0 Å². The first-order valence-corrected chi connectivity index (χ1v) is 9.89. The third-order valence-electron chi connectivity index (χ3n) is 5.25. The number of hydrogen-bond acceptors (Lipinski definition) is 3. The molecule has 0 bridgehead atoms. The third kappa shape index (κ3) is 3.08. The van der Waals surface area contributed by atoms with Crippen LogP contribution in [0.2, 0.25) is 0 Å². The van der Waals surface area contributed by atoms with Crippen LogP contribution in [-0.2, 0) is 4.79 Å². The van der Waals surface area contributed by atoms with Crippen LogP contribution in [0.1, 0.15) is 17.5 Å². The second kappa shape index (κ2) is 7.75. The zero-order chi connectivity index (χ0) is 20.3. The molecule has 1 aliphatic rings. The molecule has 3 nitrogen and oxygen atoms in total. The molecule has 3 heteroatoms. The van der Waals surface area contributed by atoms with E-state index in [1.54, 1.807) is 0 Å². The summed E-state index contributed by atoms with van der Waals surface area (Å²) in [6, 6.07) is 28.0. The Hall–Kier alpha value is -4.07. The number of para-hydroxylation sites is 2. The van der Waals surface area contributed by atoms with Gasteiger partial charge in [0.2, 0.25) is 0 Å². The molecule has 4 aromatic carbocycles. The highest BCUT2D eigenvalue weighted by Crippen LogP contribution is 2.39. The van der Waals surface area contributed by atoms with E-state index in [0.717, 1.165) is 44.0 Å². The lowest BCUT2D eigenvalue weighted by Gasteiger charge is -2.17. The largest absolute Gasteiger partial charge is 0.244 e. The maximum Gasteiger partial charge on any atom is 0.128 e. The minimum atomic E-state index is 0.582. The third-order valence-corrected chi connectivity index (χ3v) is 5.25. The summed E-state index contributed by atoms with van der Waals surface area (Å²) in [6.45, 7) is 0. The summed E-state index contributed by atoms with van der Waals surface area (Å²) in [7, 11) is 0. The average Bonchev–Trinajstić information content (AvgIpc) is 2.84. The minimum Gasteiger partial charge on any atom is -0.244 e. The van der Waals surface area contributed by atoms with Crippen LogP contribution < -0.4 is 0 Å². The van der Waals surface area contributed by atoms with Gasteiger partial charge in [0.1, 0.15) is 5.94 Å². The Morgan fingerprint density at radius 2 is 1.23 bits per heavy atom. The lowest BCUT2D eigenvalue weighted by Crippen LogP contribution is -2.01. The van der Waals surface area contributed by atoms with E-state index < -0.39 is 0 Å². The maximum absolute atomic E-state index is 11.5. The zero-order valence-electron chi connectivity index (χ0n) is 16.2. The monoisotopic (exact) mass is 386 g/mol. The first-order chi connectivity index (χ1) is 14.9. The van der Waals surface area contributed by atoms with Gasteiger partial charge in [-0.2, -0.15) is 0 Å². The van der Waals surface area contributed by atoms with Crippen molar-refractivity contribution in [2.24, 2.45) is 0 Å². The topological polar surface area (TPSA) is 42.9 Å². The SMILES string of the molecule is O=C=C1CC=Cc2c1c1nc3ccccc3nc1c1ccccc21.c1ccccc1. The van der Waals surface area contributed by atoms with Gasteiger partial charge in [-0.25, -0.2) is 14.8 Å². The summed E-state index contributed by atoms with van der Waals surface area (Å²) < 4.78 is 0. The molecule has 0 spiro atoms. The van der Waals surface area contributed by atoms with Gasteiger partial charge in [0, 0.05) is 22.9 Å². The fourth-order valence-corrected chi connectivity index (χ4v) is 3.90. The molecular weight excluding hydrogens is 368 g/mol. The predicted molar refractivity (Wildman–Crippen MR) is 124 cm³/mol. The van der Waals surface area contributed by atoms with E-state index in [2.05, 4.69) is 24.2 Å². The van der Waals surface area contributed by atoms with Gasteiger partial charge in [0.15, 0.2) is 0 Å². The molecule has 1 heterocycles. The van der Waals surface area contributed by atoms with E-state index in [4.69, 9.17) is 9.97 Å². The number of nitrogens with zero attached hydrogens (tertiary/aromatic N) is 2. The minimum absolute atomic E-state index is 0.582. The number of benzene rings is 4. The lowest BCUT2D eigenvalue weighted by atomic mass is 9.87. The van der Waals surface area contributed by atoms with Crippen LogP contribution in [0.5, 0.6) is 0 Å². The van der Waals surface area contributed by atoms with Crippen molar-refractivity contribution in [3.05, 3.63) is 102 Å². The van der Waals surface area contributed by atoms with Gasteiger partial charge >= 0.3 is 0 Å². The standard InChI is InChI=1S/C21H12N2O.C6H6/c24-12-13-6-5-9-15-14-7-1-2-8-16(14)20-21(19(13)15)23-18-11-4-3-10-17(18)22-20;1-2-4-6-5-3-1/h1-5,7-11H,6H2;1-6H. The zero-order valence-corrected chi connectivity index (χ0v) is 16.2. The molecule has 142 valence electrons. The molecule has 0 saturated carbocycles. The molecule has 0 aliphatic heterocycles. The van der Waals surface area contributed by atoms with Crippen molar-refractivity contribution in [1.82, 2.24) is 9.97 Å². The molecule has 0 unspecified atom stereocenters. The fraction of sp³-hybridized carbons (Fsp3) is 0.0370. The molecule has 0 saturated heterocycles. The van der Waals surface area contributed by atoms with Gasteiger partial charge in [-0.1, -0.05) is 84.9 Å². The normalized spacial score (nSPS) is 12.3. The Morgan fingerprint density at radius 3 is 1.87 bits per heavy atom. The molecule has 30 heavy (non-hydrogen) atoms. The molecular formula is C27H18N2O. The van der Waals surface area contributed by atoms with Crippen LogP contribution >= 0.6 is 0 Å². The second-order valence-corrected chi connectivity index (χ2v) is 7.09. The summed E-state index contributed by atoms with van der Waals surface area (Å²) in [5.74, 6) is 2.11. The van der Waals surface area contributed by atoms with Crippen molar-refractivity contribution in [3.8, 4) is 0 Å². The Balaban J connectivity index is 0.000000279. The van der Waals surface area contributed by atoms with Crippen molar-refractivity contribution in [2.75, 3.05) is 0 Å². The summed E-state index contributed by atoms with van der Waals surface area (Å²) in [5, 5.41) is 2.15. The highest BCUT2D eigenvalue weighted by molar-refractivity contribution is 6.17. The number of carbonyl (C=O) groups excluding carboxylic acids is 1. The van der Waals surface area contributed by atoms with Gasteiger partial charge < -0.3 is 0 Å². The number of hydrogen-bond donors (Lipinski definition) is 0. The van der Waals surface area contributed by atoms with Gasteiger partial charge in [0.05, 0.1) is 22.1 Å². The van der Waals surface area contributed by atoms with E-state index in [1.165, 1.54) is 0 Å². The molecule has 1 aromatic heterocycles. The molecule has 0 N–H and O–H groups in total. The van der Waals surface area contributed by atoms with E-state index in [0.29, 0.717) is 12.0 Å². The molecule has 0 fully saturated rings. The number of aromatic nitrogens is 2. The maximum atomic E-state index is 11.5. The number of allylic oxidation sites excluding steroid dienone is 2. The van der Waals surface area contributed by atoms with Crippen molar-refractivity contribution >= 4 is 50.4 Å². The van der Waals surface area contributed by atoms with Crippen molar-refractivity contribution in [3.63, 3.8) is 0 Å². The van der Waals surface area contributed by atoms with Gasteiger partial charge in [-0.15, -0.1) is 0 Å². The summed E-state index contributed by atoms with van der Waals surface area (Å²) in [6.07, 6.45) is 4.67. The van der Waals surface area contributed by atoms with E-state index in [1.807, 2.05) is 78.9 Å². The average molecular weight is 386 g/mol. The van der Waals surface area contributed by atoms with Gasteiger partial charge in [0.25, 0.3) is 0 Å². The Labute approximate surface area is 174 Å². The molecule has 5 aromatic rings. The van der Waals surface area contributed by atoms with Gasteiger partial charge in [-0.3, -0.25) is 0 Å².